The summed E-state index contributed by atoms with van der Waals surface area (Å²) < 4.78 is 38.8. The maximum absolute atomic E-state index is 12.9. The van der Waals surface area contributed by atoms with Crippen molar-refractivity contribution in [3.63, 3.8) is 0 Å². The van der Waals surface area contributed by atoms with Gasteiger partial charge in [0.15, 0.2) is 0 Å². The second-order valence-electron chi connectivity index (χ2n) is 5.84. The summed E-state index contributed by atoms with van der Waals surface area (Å²) in [5.74, 6) is 0.683. The lowest BCUT2D eigenvalue weighted by Gasteiger charge is -2.25. The molecule has 0 aromatic heterocycles. The van der Waals surface area contributed by atoms with Crippen LogP contribution in [0.1, 0.15) is 22.1 Å². The number of nitrogens with zero attached hydrogens (tertiary/aromatic N) is 1. The van der Waals surface area contributed by atoms with Crippen molar-refractivity contribution in [3.8, 4) is 0 Å². The quantitative estimate of drug-likeness (QED) is 0.783. The second-order valence-corrected chi connectivity index (χ2v) is 7.02. The third-order valence-electron chi connectivity index (χ3n) is 3.95. The monoisotopic (exact) mass is 366 g/mol. The number of carbonyl (C=O) groups excluding carboxylic acids is 1. The van der Waals surface area contributed by atoms with Gasteiger partial charge >= 0.3 is 12.2 Å². The summed E-state index contributed by atoms with van der Waals surface area (Å²) in [6.07, 6.45) is -4.39. The van der Waals surface area contributed by atoms with Crippen LogP contribution in [0.25, 0.3) is 0 Å². The summed E-state index contributed by atoms with van der Waals surface area (Å²) in [7, 11) is 0. The van der Waals surface area contributed by atoms with Crippen LogP contribution < -0.4 is 5.32 Å². The first-order valence-electron chi connectivity index (χ1n) is 7.77. The first-order chi connectivity index (χ1) is 11.8. The molecule has 0 radical (unpaired) electrons. The third-order valence-corrected chi connectivity index (χ3v) is 5.21. The van der Waals surface area contributed by atoms with Crippen LogP contribution in [-0.2, 0) is 6.18 Å². The summed E-state index contributed by atoms with van der Waals surface area (Å²) >= 11 is 1.46. The maximum Gasteiger partial charge on any atom is 0.416 e. The molecule has 0 unspecified atom stereocenters. The summed E-state index contributed by atoms with van der Waals surface area (Å²) in [6.45, 7) is 2.44. The van der Waals surface area contributed by atoms with Crippen LogP contribution in [0.5, 0.6) is 0 Å². The average molecular weight is 366 g/mol. The fraction of sp³-hybridized carbons (Fsp3) is 0.278. The molecular weight excluding hydrogens is 349 g/mol. The van der Waals surface area contributed by atoms with E-state index in [0.717, 1.165) is 17.7 Å². The van der Waals surface area contributed by atoms with Gasteiger partial charge in [-0.2, -0.15) is 13.2 Å². The first-order valence-corrected chi connectivity index (χ1v) is 8.82. The topological polar surface area (TPSA) is 32.3 Å². The molecule has 132 valence electrons. The molecule has 1 atom stereocenters. The lowest BCUT2D eigenvalue weighted by Crippen LogP contribution is -2.34. The Bertz CT molecular complexity index is 762. The number of rotatable bonds is 2. The van der Waals surface area contributed by atoms with Gasteiger partial charge in [-0.1, -0.05) is 29.8 Å². The molecule has 1 N–H and O–H groups in total. The van der Waals surface area contributed by atoms with Gasteiger partial charge in [-0.3, -0.25) is 0 Å². The van der Waals surface area contributed by atoms with Gasteiger partial charge < -0.3 is 10.2 Å². The lowest BCUT2D eigenvalue weighted by molar-refractivity contribution is -0.137. The number of thioether (sulfide) groups is 1. The van der Waals surface area contributed by atoms with Crippen LogP contribution >= 0.6 is 11.8 Å². The zero-order chi connectivity index (χ0) is 18.0. The highest BCUT2D eigenvalue weighted by Crippen LogP contribution is 2.40. The van der Waals surface area contributed by atoms with Gasteiger partial charge in [0.25, 0.3) is 0 Å². The Morgan fingerprint density at radius 2 is 1.92 bits per heavy atom. The van der Waals surface area contributed by atoms with Crippen molar-refractivity contribution in [1.82, 2.24) is 4.90 Å². The van der Waals surface area contributed by atoms with E-state index < -0.39 is 17.1 Å². The highest BCUT2D eigenvalue weighted by atomic mass is 32.2. The van der Waals surface area contributed by atoms with Crippen molar-refractivity contribution in [3.05, 3.63) is 65.2 Å². The lowest BCUT2D eigenvalue weighted by atomic mass is 10.1. The van der Waals surface area contributed by atoms with Crippen molar-refractivity contribution >= 4 is 23.5 Å². The Labute approximate surface area is 148 Å². The van der Waals surface area contributed by atoms with E-state index in [1.807, 2.05) is 19.1 Å². The maximum atomic E-state index is 12.9. The molecule has 1 heterocycles. The van der Waals surface area contributed by atoms with Gasteiger partial charge in [-0.05, 0) is 36.8 Å². The van der Waals surface area contributed by atoms with E-state index in [4.69, 9.17) is 0 Å². The summed E-state index contributed by atoms with van der Waals surface area (Å²) in [4.78, 5) is 14.1. The fourth-order valence-electron chi connectivity index (χ4n) is 2.65. The van der Waals surface area contributed by atoms with Crippen molar-refractivity contribution < 1.29 is 18.0 Å². The molecule has 1 aliphatic heterocycles. The molecule has 3 nitrogen and oxygen atoms in total. The normalized spacial score (nSPS) is 17.6. The number of benzene rings is 2. The molecule has 7 heteroatoms. The van der Waals surface area contributed by atoms with E-state index in [-0.39, 0.29) is 6.03 Å². The Morgan fingerprint density at radius 1 is 1.20 bits per heavy atom. The molecule has 2 aromatic carbocycles. The van der Waals surface area contributed by atoms with Crippen molar-refractivity contribution in [1.29, 1.82) is 0 Å². The molecule has 3 rings (SSSR count). The van der Waals surface area contributed by atoms with E-state index in [0.29, 0.717) is 23.5 Å². The van der Waals surface area contributed by atoms with Crippen molar-refractivity contribution in [2.45, 2.75) is 18.5 Å². The third kappa shape index (κ3) is 4.10. The average Bonchev–Trinajstić information content (AvgIpc) is 3.06. The molecule has 0 bridgehead atoms. The molecule has 1 fully saturated rings. The summed E-state index contributed by atoms with van der Waals surface area (Å²) in [6, 6.07) is 12.2. The molecule has 25 heavy (non-hydrogen) atoms. The Morgan fingerprint density at radius 3 is 2.60 bits per heavy atom. The zero-order valence-electron chi connectivity index (χ0n) is 13.5. The van der Waals surface area contributed by atoms with E-state index in [1.54, 1.807) is 23.1 Å². The van der Waals surface area contributed by atoms with Crippen molar-refractivity contribution in [2.24, 2.45) is 0 Å². The second kappa shape index (κ2) is 7.00. The van der Waals surface area contributed by atoms with E-state index >= 15 is 0 Å². The van der Waals surface area contributed by atoms with Crippen LogP contribution in [0.4, 0.5) is 23.7 Å². The fourth-order valence-corrected chi connectivity index (χ4v) is 3.90. The standard InChI is InChI=1S/C18H17F3N2OS/c1-12-5-7-15(8-6-12)22-17(24)23-9-10-25-16(23)13-3-2-4-14(11-13)18(19,20)21/h2-8,11,16H,9-10H2,1H3,(H,22,24)/t16-/m1/s1. The minimum atomic E-state index is -4.39. The largest absolute Gasteiger partial charge is 0.416 e. The minimum absolute atomic E-state index is 0.309. The van der Waals surface area contributed by atoms with Gasteiger partial charge in [0, 0.05) is 18.0 Å². The van der Waals surface area contributed by atoms with E-state index in [2.05, 4.69) is 5.32 Å². The molecule has 2 aromatic rings. The van der Waals surface area contributed by atoms with Crippen LogP contribution in [0.15, 0.2) is 48.5 Å². The highest BCUT2D eigenvalue weighted by Gasteiger charge is 2.34. The van der Waals surface area contributed by atoms with Crippen LogP contribution in [0.3, 0.4) is 0 Å². The number of amides is 2. The summed E-state index contributed by atoms with van der Waals surface area (Å²) in [5.41, 5.74) is 1.53. The van der Waals surface area contributed by atoms with Crippen LogP contribution in [0, 0.1) is 6.92 Å². The number of hydrogen-bond donors (Lipinski definition) is 1. The molecule has 2 amide bonds. The SMILES string of the molecule is Cc1ccc(NC(=O)N2CCS[C@@H]2c2cccc(C(F)(F)F)c2)cc1. The van der Waals surface area contributed by atoms with E-state index in [9.17, 15) is 18.0 Å². The van der Waals surface area contributed by atoms with E-state index in [1.165, 1.54) is 17.8 Å². The van der Waals surface area contributed by atoms with Gasteiger partial charge in [-0.15, -0.1) is 11.8 Å². The Kier molecular flexibility index (Phi) is 4.94. The minimum Gasteiger partial charge on any atom is -0.308 e. The van der Waals surface area contributed by atoms with Gasteiger partial charge in [0.2, 0.25) is 0 Å². The number of carbonyl (C=O) groups is 1. The Balaban J connectivity index is 1.78. The number of nitrogens with one attached hydrogen (secondary N) is 1. The Hall–Kier alpha value is -2.15. The zero-order valence-corrected chi connectivity index (χ0v) is 14.3. The van der Waals surface area contributed by atoms with Crippen LogP contribution in [0.2, 0.25) is 0 Å². The predicted octanol–water partition coefficient (Wildman–Crippen LogP) is 5.29. The molecule has 0 spiro atoms. The molecule has 1 saturated heterocycles. The number of urea groups is 1. The van der Waals surface area contributed by atoms with Gasteiger partial charge in [0.05, 0.1) is 5.56 Å². The van der Waals surface area contributed by atoms with Crippen LogP contribution in [-0.4, -0.2) is 23.2 Å². The number of halogens is 3. The number of aryl methyl sites for hydroxylation is 1. The smallest absolute Gasteiger partial charge is 0.308 e. The number of anilines is 1. The predicted molar refractivity (Wildman–Crippen MR) is 93.5 cm³/mol. The molecule has 0 aliphatic carbocycles. The molecule has 1 aliphatic rings. The molecular formula is C18H17F3N2OS. The van der Waals surface area contributed by atoms with Gasteiger partial charge in [0.1, 0.15) is 5.37 Å². The first kappa shape index (κ1) is 17.7. The highest BCUT2D eigenvalue weighted by molar-refractivity contribution is 7.99. The number of alkyl halides is 3. The summed E-state index contributed by atoms with van der Waals surface area (Å²) in [5, 5.41) is 2.38. The van der Waals surface area contributed by atoms with Gasteiger partial charge in [-0.25, -0.2) is 4.79 Å². The van der Waals surface area contributed by atoms with Crippen molar-refractivity contribution in [2.75, 3.05) is 17.6 Å². The number of hydrogen-bond acceptors (Lipinski definition) is 2. The molecule has 0 saturated carbocycles.